The number of fused-ring (bicyclic) bond motifs is 3. The Bertz CT molecular complexity index is 2490. The van der Waals surface area contributed by atoms with Crippen molar-refractivity contribution in [3.8, 4) is 44.6 Å². The number of hydrogen-bond acceptors (Lipinski definition) is 2. The molecule has 56 heavy (non-hydrogen) atoms. The van der Waals surface area contributed by atoms with Crippen LogP contribution in [-0.4, -0.2) is 18.1 Å². The van der Waals surface area contributed by atoms with Crippen molar-refractivity contribution in [2.45, 2.75) is 72.3 Å². The minimum atomic E-state index is -0.317. The number of aromatic nitrogens is 1. The van der Waals surface area contributed by atoms with Gasteiger partial charge in [0, 0.05) is 17.2 Å². The Kier molecular flexibility index (Phi) is 9.93. The van der Waals surface area contributed by atoms with Crippen LogP contribution < -0.4 is 5.46 Å². The van der Waals surface area contributed by atoms with E-state index in [1.807, 2.05) is 19.7 Å². The van der Waals surface area contributed by atoms with E-state index in [2.05, 4.69) is 199 Å². The molecular weight excluding hydrogens is 677 g/mol. The summed E-state index contributed by atoms with van der Waals surface area (Å²) in [6.45, 7) is 15.7. The van der Waals surface area contributed by atoms with Crippen LogP contribution in [0.1, 0.15) is 81.8 Å². The molecule has 277 valence electrons. The fourth-order valence-electron chi connectivity index (χ4n) is 7.91. The van der Waals surface area contributed by atoms with Gasteiger partial charge in [0.15, 0.2) is 0 Å². The van der Waals surface area contributed by atoms with E-state index >= 15 is 0 Å². The number of pyridine rings is 1. The van der Waals surface area contributed by atoms with Crippen molar-refractivity contribution in [1.29, 1.82) is 0 Å². The zero-order valence-electron chi connectivity index (χ0n) is 33.9. The normalized spacial score (nSPS) is 13.3. The van der Waals surface area contributed by atoms with Crippen LogP contribution in [0, 0.1) is 5.41 Å². The molecule has 2 nitrogen and oxygen atoms in total. The van der Waals surface area contributed by atoms with Gasteiger partial charge in [0.25, 0.3) is 0 Å². The predicted molar refractivity (Wildman–Crippen MR) is 237 cm³/mol. The molecule has 0 unspecified atom stereocenters. The first-order chi connectivity index (χ1) is 26.9. The third-order valence-corrected chi connectivity index (χ3v) is 12.3. The highest BCUT2D eigenvalue weighted by atomic mass is 16.5. The van der Waals surface area contributed by atoms with Crippen LogP contribution in [0.15, 0.2) is 158 Å². The Morgan fingerprint density at radius 2 is 1.02 bits per heavy atom. The highest BCUT2D eigenvalue weighted by molar-refractivity contribution is 6.47. The quantitative estimate of drug-likeness (QED) is 0.131. The summed E-state index contributed by atoms with van der Waals surface area (Å²) in [5.74, 6) is 0. The second kappa shape index (κ2) is 14.9. The monoisotopic (exact) mass is 728 g/mol. The Morgan fingerprint density at radius 3 is 1.59 bits per heavy atom. The molecule has 0 N–H and O–H groups in total. The lowest BCUT2D eigenvalue weighted by Gasteiger charge is -2.39. The van der Waals surface area contributed by atoms with Gasteiger partial charge in [0.05, 0.1) is 11.3 Å². The van der Waals surface area contributed by atoms with Crippen molar-refractivity contribution in [3.63, 3.8) is 0 Å². The molecule has 0 fully saturated rings. The van der Waals surface area contributed by atoms with Gasteiger partial charge >= 0.3 is 7.48 Å². The van der Waals surface area contributed by atoms with Gasteiger partial charge < -0.3 is 4.65 Å². The van der Waals surface area contributed by atoms with Crippen LogP contribution in [-0.2, 0) is 22.9 Å². The molecule has 1 aromatic heterocycles. The van der Waals surface area contributed by atoms with E-state index < -0.39 is 0 Å². The molecule has 0 atom stereocenters. The lowest BCUT2D eigenvalue weighted by Crippen LogP contribution is -2.42. The number of rotatable bonds is 10. The fourth-order valence-corrected chi connectivity index (χ4v) is 7.91. The minimum Gasteiger partial charge on any atom is -0.429 e. The van der Waals surface area contributed by atoms with Gasteiger partial charge in [0.1, 0.15) is 0 Å². The van der Waals surface area contributed by atoms with Crippen molar-refractivity contribution in [2.24, 2.45) is 5.41 Å². The molecule has 0 saturated carbocycles. The van der Waals surface area contributed by atoms with E-state index in [1.165, 1.54) is 66.8 Å². The molecule has 0 aliphatic heterocycles. The molecule has 1 aliphatic rings. The number of hydrogen-bond donors (Lipinski definition) is 0. The zero-order valence-corrected chi connectivity index (χ0v) is 33.9. The maximum absolute atomic E-state index is 6.46. The second-order valence-corrected chi connectivity index (χ2v) is 17.5. The smallest absolute Gasteiger partial charge is 0.330 e. The lowest BCUT2D eigenvalue weighted by atomic mass is 9.76. The van der Waals surface area contributed by atoms with E-state index in [0.29, 0.717) is 0 Å². The summed E-state index contributed by atoms with van der Waals surface area (Å²) >= 11 is 0. The molecular formula is C53H51BNO. The summed E-state index contributed by atoms with van der Waals surface area (Å²) in [4.78, 5) is 4.64. The molecule has 3 heteroatoms. The fraction of sp³-hybridized carbons (Fsp3) is 0.226. The van der Waals surface area contributed by atoms with E-state index in [0.717, 1.165) is 29.6 Å². The molecule has 0 spiro atoms. The zero-order chi connectivity index (χ0) is 39.1. The topological polar surface area (TPSA) is 22.1 Å². The van der Waals surface area contributed by atoms with Crippen LogP contribution in [0.2, 0.25) is 0 Å². The van der Waals surface area contributed by atoms with Crippen LogP contribution in [0.4, 0.5) is 0 Å². The van der Waals surface area contributed by atoms with Gasteiger partial charge in [0.2, 0.25) is 0 Å². The molecule has 8 rings (SSSR count). The summed E-state index contributed by atoms with van der Waals surface area (Å²) in [5.41, 5.74) is 18.3. The van der Waals surface area contributed by atoms with Gasteiger partial charge in [-0.05, 0) is 123 Å². The van der Waals surface area contributed by atoms with E-state index in [9.17, 15) is 0 Å². The molecule has 0 amide bonds. The van der Waals surface area contributed by atoms with Gasteiger partial charge in [-0.2, -0.15) is 0 Å². The number of benzene rings is 6. The van der Waals surface area contributed by atoms with Crippen LogP contribution >= 0.6 is 0 Å². The maximum Gasteiger partial charge on any atom is 0.330 e. The van der Waals surface area contributed by atoms with Crippen molar-refractivity contribution in [2.75, 3.05) is 0 Å². The standard InChI is InChI=1S/C53H51BNO/c1-51(2,3)53(6,7)56-54-43-24-28-45(42(33-43)31-37-18-12-9-13-19-37)44-25-21-38(32-41(44)30-36-16-10-8-11-17-36)39-22-26-46-47-27-23-40(50-20-14-15-29-55-50)35-49(47)52(4,5)48(46)34-39/h8-29,32-35H,30-31H2,1-7H3. The van der Waals surface area contributed by atoms with Crippen molar-refractivity contribution >= 4 is 12.9 Å². The minimum absolute atomic E-state index is 0.00737. The van der Waals surface area contributed by atoms with Crippen LogP contribution in [0.25, 0.3) is 44.6 Å². The highest BCUT2D eigenvalue weighted by Crippen LogP contribution is 2.50. The first-order valence-electron chi connectivity index (χ1n) is 19.9. The second-order valence-electron chi connectivity index (χ2n) is 17.5. The number of nitrogens with zero attached hydrogens (tertiary/aromatic N) is 1. The largest absolute Gasteiger partial charge is 0.429 e. The summed E-state index contributed by atoms with van der Waals surface area (Å²) in [5, 5.41) is 0. The van der Waals surface area contributed by atoms with Gasteiger partial charge in [-0.3, -0.25) is 4.98 Å². The molecule has 1 radical (unpaired) electrons. The van der Waals surface area contributed by atoms with Crippen molar-refractivity contribution in [1.82, 2.24) is 4.98 Å². The van der Waals surface area contributed by atoms with Gasteiger partial charge in [-0.25, -0.2) is 0 Å². The van der Waals surface area contributed by atoms with E-state index in [1.54, 1.807) is 0 Å². The molecule has 1 heterocycles. The molecule has 0 bridgehead atoms. The first-order valence-corrected chi connectivity index (χ1v) is 19.9. The van der Waals surface area contributed by atoms with E-state index in [4.69, 9.17) is 4.65 Å². The Labute approximate surface area is 335 Å². The molecule has 7 aromatic rings. The highest BCUT2D eigenvalue weighted by Gasteiger charge is 2.36. The van der Waals surface area contributed by atoms with Crippen molar-refractivity contribution in [3.05, 3.63) is 191 Å². The third kappa shape index (κ3) is 7.41. The van der Waals surface area contributed by atoms with Gasteiger partial charge in [-0.15, -0.1) is 0 Å². The SMILES string of the molecule is CC1(C)c2cc(-c3ccc(-c4ccc([B]OC(C)(C)C(C)(C)C)cc4Cc4ccccc4)c(Cc4ccccc4)c3)ccc2-c2ccc(-c3ccccn3)cc21. The van der Waals surface area contributed by atoms with Gasteiger partial charge in [-0.1, -0.05) is 167 Å². The van der Waals surface area contributed by atoms with E-state index in [-0.39, 0.29) is 16.4 Å². The Balaban J connectivity index is 1.19. The lowest BCUT2D eigenvalue weighted by molar-refractivity contribution is 0.00504. The average molecular weight is 729 g/mol. The van der Waals surface area contributed by atoms with Crippen LogP contribution in [0.5, 0.6) is 0 Å². The first kappa shape index (κ1) is 37.4. The predicted octanol–water partition coefficient (Wildman–Crippen LogP) is 12.7. The Morgan fingerprint density at radius 1 is 0.518 bits per heavy atom. The summed E-state index contributed by atoms with van der Waals surface area (Å²) in [6, 6.07) is 55.6. The Hall–Kier alpha value is -5.51. The van der Waals surface area contributed by atoms with Crippen molar-refractivity contribution < 1.29 is 4.65 Å². The third-order valence-electron chi connectivity index (χ3n) is 12.3. The summed E-state index contributed by atoms with van der Waals surface area (Å²) < 4.78 is 6.46. The average Bonchev–Trinajstić information content (AvgIpc) is 3.43. The molecule has 1 aliphatic carbocycles. The summed E-state index contributed by atoms with van der Waals surface area (Å²) in [6.07, 6.45) is 3.54. The van der Waals surface area contributed by atoms with Crippen LogP contribution in [0.3, 0.4) is 0 Å². The maximum atomic E-state index is 6.46. The molecule has 6 aromatic carbocycles. The molecule has 0 saturated heterocycles. The summed E-state index contributed by atoms with van der Waals surface area (Å²) in [7, 11) is 1.95.